The zero-order chi connectivity index (χ0) is 21.9. The molecule has 2 rings (SSSR count). The molecule has 2 aromatic carbocycles. The van der Waals surface area contributed by atoms with E-state index in [9.17, 15) is 9.59 Å². The average molecular weight is 414 g/mol. The number of para-hydroxylation sites is 1. The van der Waals surface area contributed by atoms with Gasteiger partial charge < -0.3 is 24.1 Å². The Morgan fingerprint density at radius 1 is 1.00 bits per heavy atom. The number of ether oxygens (including phenoxy) is 4. The fourth-order valence-corrected chi connectivity index (χ4v) is 2.63. The van der Waals surface area contributed by atoms with Gasteiger partial charge in [0.05, 0.1) is 20.3 Å². The van der Waals surface area contributed by atoms with Gasteiger partial charge in [-0.05, 0) is 49.8 Å². The lowest BCUT2D eigenvalue weighted by atomic mass is 10.1. The van der Waals surface area contributed by atoms with Crippen LogP contribution in [0.15, 0.2) is 42.5 Å². The molecule has 0 radical (unpaired) electrons. The quantitative estimate of drug-likeness (QED) is 0.410. The molecule has 0 saturated heterocycles. The van der Waals surface area contributed by atoms with Crippen molar-refractivity contribution in [3.05, 3.63) is 53.6 Å². The maximum absolute atomic E-state index is 12.7. The van der Waals surface area contributed by atoms with Crippen LogP contribution in [0, 0.1) is 0 Å². The summed E-state index contributed by atoms with van der Waals surface area (Å²) in [6.07, 6.45) is 3.96. The predicted octanol–water partition coefficient (Wildman–Crippen LogP) is 4.24. The summed E-state index contributed by atoms with van der Waals surface area (Å²) in [5.41, 5.74) is 1.11. The molecule has 0 amide bonds. The minimum atomic E-state index is -1.10. The normalized spacial score (nSPS) is 10.6. The number of hydrogen-bond acceptors (Lipinski definition) is 6. The van der Waals surface area contributed by atoms with E-state index in [2.05, 4.69) is 0 Å². The van der Waals surface area contributed by atoms with E-state index in [1.807, 2.05) is 32.0 Å². The van der Waals surface area contributed by atoms with Crippen molar-refractivity contribution >= 4 is 17.8 Å². The lowest BCUT2D eigenvalue weighted by molar-refractivity contribution is -0.139. The van der Waals surface area contributed by atoms with Gasteiger partial charge in [0, 0.05) is 11.1 Å². The number of carboxylic acid groups (broad SMARTS) is 1. The van der Waals surface area contributed by atoms with Crippen LogP contribution in [0.3, 0.4) is 0 Å². The van der Waals surface area contributed by atoms with Crippen LogP contribution in [0.5, 0.6) is 23.0 Å². The summed E-state index contributed by atoms with van der Waals surface area (Å²) >= 11 is 0. The summed E-state index contributed by atoms with van der Waals surface area (Å²) < 4.78 is 21.8. The molecule has 2 aromatic rings. The molecule has 0 bridgehead atoms. The van der Waals surface area contributed by atoms with Gasteiger partial charge in [0.15, 0.2) is 35.4 Å². The summed E-state index contributed by atoms with van der Waals surface area (Å²) in [6, 6.07) is 10.1. The zero-order valence-electron chi connectivity index (χ0n) is 17.3. The van der Waals surface area contributed by atoms with Crippen molar-refractivity contribution in [3.8, 4) is 23.0 Å². The SMILES string of the molecule is CCCOc1c(/C=C/C(=O)c2ccc(OCC(=O)O)c(OC)c2)cccc1OCC. The first-order valence-corrected chi connectivity index (χ1v) is 9.63. The Kier molecular flexibility index (Phi) is 8.75. The molecule has 0 aliphatic rings. The third kappa shape index (κ3) is 6.27. The highest BCUT2D eigenvalue weighted by Gasteiger charge is 2.12. The maximum Gasteiger partial charge on any atom is 0.341 e. The Labute approximate surface area is 175 Å². The van der Waals surface area contributed by atoms with Crippen LogP contribution in [0.2, 0.25) is 0 Å². The van der Waals surface area contributed by atoms with Crippen molar-refractivity contribution < 1.29 is 33.6 Å². The Bertz CT molecular complexity index is 902. The fraction of sp³-hybridized carbons (Fsp3) is 0.304. The first-order valence-electron chi connectivity index (χ1n) is 9.63. The van der Waals surface area contributed by atoms with Crippen molar-refractivity contribution in [2.45, 2.75) is 20.3 Å². The van der Waals surface area contributed by atoms with E-state index in [1.165, 1.54) is 25.3 Å². The van der Waals surface area contributed by atoms with Crippen LogP contribution in [-0.4, -0.2) is 43.8 Å². The van der Waals surface area contributed by atoms with Gasteiger partial charge in [-0.25, -0.2) is 4.79 Å². The van der Waals surface area contributed by atoms with E-state index in [4.69, 9.17) is 24.1 Å². The van der Waals surface area contributed by atoms with E-state index in [1.54, 1.807) is 12.1 Å². The van der Waals surface area contributed by atoms with Crippen molar-refractivity contribution in [3.63, 3.8) is 0 Å². The van der Waals surface area contributed by atoms with Gasteiger partial charge in [0.1, 0.15) is 0 Å². The van der Waals surface area contributed by atoms with Crippen LogP contribution in [0.4, 0.5) is 0 Å². The minimum absolute atomic E-state index is 0.249. The standard InChI is InChI=1S/C23H26O7/c1-4-13-29-23-16(7-6-8-20(23)28-5-2)9-11-18(24)17-10-12-19(21(14-17)27-3)30-15-22(25)26/h6-12,14H,4-5,13,15H2,1-3H3,(H,25,26)/b11-9+. The third-order valence-electron chi connectivity index (χ3n) is 3.97. The summed E-state index contributed by atoms with van der Waals surface area (Å²) in [5.74, 6) is 0.403. The first kappa shape index (κ1) is 22.8. The van der Waals surface area contributed by atoms with E-state index in [0.29, 0.717) is 30.3 Å². The van der Waals surface area contributed by atoms with Gasteiger partial charge in [-0.15, -0.1) is 0 Å². The highest BCUT2D eigenvalue weighted by molar-refractivity contribution is 6.07. The van der Waals surface area contributed by atoms with Crippen LogP contribution >= 0.6 is 0 Å². The van der Waals surface area contributed by atoms with E-state index in [-0.39, 0.29) is 17.3 Å². The molecule has 0 aromatic heterocycles. The Morgan fingerprint density at radius 2 is 1.80 bits per heavy atom. The fourth-order valence-electron chi connectivity index (χ4n) is 2.63. The number of carbonyl (C=O) groups excluding carboxylic acids is 1. The first-order chi connectivity index (χ1) is 14.5. The second kappa shape index (κ2) is 11.5. The number of benzene rings is 2. The monoisotopic (exact) mass is 414 g/mol. The second-order valence-corrected chi connectivity index (χ2v) is 6.20. The molecule has 160 valence electrons. The van der Waals surface area contributed by atoms with Crippen molar-refractivity contribution in [1.29, 1.82) is 0 Å². The highest BCUT2D eigenvalue weighted by Crippen LogP contribution is 2.33. The van der Waals surface area contributed by atoms with Crippen LogP contribution < -0.4 is 18.9 Å². The molecule has 0 saturated carbocycles. The summed E-state index contributed by atoms with van der Waals surface area (Å²) in [4.78, 5) is 23.3. The van der Waals surface area contributed by atoms with Gasteiger partial charge in [-0.2, -0.15) is 0 Å². The Balaban J connectivity index is 2.24. The molecule has 0 fully saturated rings. The maximum atomic E-state index is 12.7. The van der Waals surface area contributed by atoms with Gasteiger partial charge in [-0.1, -0.05) is 19.1 Å². The largest absolute Gasteiger partial charge is 0.493 e. The number of rotatable bonds is 12. The molecular formula is C23H26O7. The van der Waals surface area contributed by atoms with Crippen LogP contribution in [0.1, 0.15) is 36.2 Å². The minimum Gasteiger partial charge on any atom is -0.493 e. The lowest BCUT2D eigenvalue weighted by Crippen LogP contribution is -2.10. The summed E-state index contributed by atoms with van der Waals surface area (Å²) in [6.45, 7) is 4.45. The Morgan fingerprint density at radius 3 is 2.47 bits per heavy atom. The van der Waals surface area contributed by atoms with Gasteiger partial charge >= 0.3 is 5.97 Å². The molecule has 7 nitrogen and oxygen atoms in total. The topological polar surface area (TPSA) is 91.3 Å². The number of carbonyl (C=O) groups is 2. The molecule has 0 spiro atoms. The second-order valence-electron chi connectivity index (χ2n) is 6.20. The number of methoxy groups -OCH3 is 1. The predicted molar refractivity (Wildman–Crippen MR) is 113 cm³/mol. The smallest absolute Gasteiger partial charge is 0.341 e. The molecule has 7 heteroatoms. The number of hydrogen-bond donors (Lipinski definition) is 1. The van der Waals surface area contributed by atoms with E-state index < -0.39 is 12.6 Å². The zero-order valence-corrected chi connectivity index (χ0v) is 17.3. The lowest BCUT2D eigenvalue weighted by Gasteiger charge is -2.14. The van der Waals surface area contributed by atoms with Crippen LogP contribution in [0.25, 0.3) is 6.08 Å². The molecule has 0 aliphatic heterocycles. The molecular weight excluding hydrogens is 388 g/mol. The summed E-state index contributed by atoms with van der Waals surface area (Å²) in [7, 11) is 1.42. The average Bonchev–Trinajstić information content (AvgIpc) is 2.75. The van der Waals surface area contributed by atoms with Crippen molar-refractivity contribution in [2.24, 2.45) is 0 Å². The molecule has 30 heavy (non-hydrogen) atoms. The third-order valence-corrected chi connectivity index (χ3v) is 3.97. The molecule has 0 unspecified atom stereocenters. The van der Waals surface area contributed by atoms with Crippen molar-refractivity contribution in [1.82, 2.24) is 0 Å². The van der Waals surface area contributed by atoms with Gasteiger partial charge in [-0.3, -0.25) is 4.79 Å². The van der Waals surface area contributed by atoms with Crippen molar-refractivity contribution in [2.75, 3.05) is 26.9 Å². The highest BCUT2D eigenvalue weighted by atomic mass is 16.5. The number of carboxylic acids is 1. The number of aliphatic carboxylic acids is 1. The molecule has 0 heterocycles. The van der Waals surface area contributed by atoms with E-state index >= 15 is 0 Å². The van der Waals surface area contributed by atoms with E-state index in [0.717, 1.165) is 12.0 Å². The summed E-state index contributed by atoms with van der Waals surface area (Å²) in [5, 5.41) is 8.74. The number of allylic oxidation sites excluding steroid dienone is 1. The van der Waals surface area contributed by atoms with Gasteiger partial charge in [0.2, 0.25) is 0 Å². The molecule has 0 atom stereocenters. The molecule has 1 N–H and O–H groups in total. The Hall–Kier alpha value is -3.48. The van der Waals surface area contributed by atoms with Crippen LogP contribution in [-0.2, 0) is 4.79 Å². The molecule has 0 aliphatic carbocycles. The van der Waals surface area contributed by atoms with Gasteiger partial charge in [0.25, 0.3) is 0 Å². The number of ketones is 1.